The van der Waals surface area contributed by atoms with Gasteiger partial charge in [0.25, 0.3) is 0 Å². The van der Waals surface area contributed by atoms with Crippen molar-refractivity contribution in [1.29, 1.82) is 0 Å². The van der Waals surface area contributed by atoms with Gasteiger partial charge in [-0.25, -0.2) is 0 Å². The minimum Gasteiger partial charge on any atom is -0.309 e. The van der Waals surface area contributed by atoms with E-state index in [-0.39, 0.29) is 0 Å². The molecule has 2 unspecified atom stereocenters. The van der Waals surface area contributed by atoms with Crippen LogP contribution in [0.4, 0.5) is 0 Å². The molecule has 3 heteroatoms. The van der Waals surface area contributed by atoms with Crippen LogP contribution in [0.3, 0.4) is 0 Å². The van der Waals surface area contributed by atoms with Gasteiger partial charge in [0.1, 0.15) is 0 Å². The third kappa shape index (κ3) is 3.01. The maximum atomic E-state index is 3.70. The molecule has 0 saturated carbocycles. The van der Waals surface area contributed by atoms with E-state index in [1.54, 1.807) is 0 Å². The van der Waals surface area contributed by atoms with Crippen LogP contribution in [0.5, 0.6) is 0 Å². The van der Waals surface area contributed by atoms with Crippen molar-refractivity contribution < 1.29 is 0 Å². The largest absolute Gasteiger partial charge is 0.309 e. The van der Waals surface area contributed by atoms with Crippen LogP contribution in [-0.4, -0.2) is 18.1 Å². The van der Waals surface area contributed by atoms with E-state index in [0.29, 0.717) is 11.3 Å². The normalized spacial score (nSPS) is 23.5. The van der Waals surface area contributed by atoms with Crippen LogP contribution in [0.1, 0.15) is 37.4 Å². The van der Waals surface area contributed by atoms with Crippen molar-refractivity contribution in [2.75, 3.05) is 12.8 Å². The van der Waals surface area contributed by atoms with E-state index in [0.717, 1.165) is 12.3 Å². The smallest absolute Gasteiger partial charge is 0.0441 e. The summed E-state index contributed by atoms with van der Waals surface area (Å²) in [4.78, 5) is 1.38. The molecule has 2 atom stereocenters. The number of nitrogens with one attached hydrogen (secondary N) is 1. The first kappa shape index (κ1) is 13.3. The van der Waals surface area contributed by atoms with Crippen molar-refractivity contribution in [3.63, 3.8) is 0 Å². The van der Waals surface area contributed by atoms with Crippen molar-refractivity contribution in [3.8, 4) is 0 Å². The molecular weight excluding hydrogens is 246 g/mol. The molecule has 0 fully saturated rings. The molecule has 1 aliphatic rings. The summed E-state index contributed by atoms with van der Waals surface area (Å²) in [5.74, 6) is 1.16. The number of rotatable bonds is 4. The lowest BCUT2D eigenvalue weighted by molar-refractivity contribution is 0.520. The van der Waals surface area contributed by atoms with Crippen LogP contribution >= 0.6 is 23.5 Å². The monoisotopic (exact) mass is 267 g/mol. The van der Waals surface area contributed by atoms with Crippen LogP contribution < -0.4 is 5.32 Å². The molecule has 0 radical (unpaired) electrons. The maximum absolute atomic E-state index is 3.70. The number of hydrogen-bond acceptors (Lipinski definition) is 3. The number of hydrogen-bond donors (Lipinski definition) is 1. The number of benzene rings is 1. The Kier molecular flexibility index (Phi) is 4.83. The molecule has 0 bridgehead atoms. The molecule has 0 aromatic heterocycles. The van der Waals surface area contributed by atoms with Gasteiger partial charge in [-0.05, 0) is 42.5 Å². The molecule has 2 rings (SSSR count). The Morgan fingerprint density at radius 2 is 2.29 bits per heavy atom. The molecule has 0 saturated heterocycles. The van der Waals surface area contributed by atoms with Crippen molar-refractivity contribution >= 4 is 23.5 Å². The molecule has 94 valence electrons. The lowest BCUT2D eigenvalue weighted by atomic mass is 9.98. The average molecular weight is 267 g/mol. The van der Waals surface area contributed by atoms with E-state index in [9.17, 15) is 0 Å². The maximum Gasteiger partial charge on any atom is 0.0441 e. The molecule has 1 aromatic carbocycles. The zero-order valence-corrected chi connectivity index (χ0v) is 12.5. The van der Waals surface area contributed by atoms with Crippen LogP contribution in [0.25, 0.3) is 0 Å². The number of fused-ring (bicyclic) bond motifs is 1. The predicted octanol–water partition coefficient (Wildman–Crippen LogP) is 4.08. The Morgan fingerprint density at radius 3 is 3.00 bits per heavy atom. The second kappa shape index (κ2) is 6.17. The first-order valence-electron chi connectivity index (χ1n) is 6.28. The van der Waals surface area contributed by atoms with E-state index >= 15 is 0 Å². The van der Waals surface area contributed by atoms with Gasteiger partial charge in [0.2, 0.25) is 0 Å². The minimum absolute atomic E-state index is 0.524. The summed E-state index contributed by atoms with van der Waals surface area (Å²) >= 11 is 3.90. The summed E-state index contributed by atoms with van der Waals surface area (Å²) in [5, 5.41) is 4.37. The van der Waals surface area contributed by atoms with Gasteiger partial charge in [0.15, 0.2) is 0 Å². The Balaban J connectivity index is 2.27. The zero-order chi connectivity index (χ0) is 12.3. The highest BCUT2D eigenvalue weighted by molar-refractivity contribution is 7.99. The Morgan fingerprint density at radius 1 is 1.47 bits per heavy atom. The van der Waals surface area contributed by atoms with Crippen molar-refractivity contribution in [2.24, 2.45) is 0 Å². The molecule has 1 heterocycles. The molecule has 0 spiro atoms. The highest BCUT2D eigenvalue weighted by Crippen LogP contribution is 2.38. The Hall–Kier alpha value is -0.120. The van der Waals surface area contributed by atoms with Gasteiger partial charge in [-0.1, -0.05) is 19.9 Å². The molecular formula is C14H21NS2. The summed E-state index contributed by atoms with van der Waals surface area (Å²) in [6.45, 7) is 5.68. The van der Waals surface area contributed by atoms with E-state index in [1.165, 1.54) is 22.4 Å². The summed E-state index contributed by atoms with van der Waals surface area (Å²) < 4.78 is 0. The summed E-state index contributed by atoms with van der Waals surface area (Å²) in [7, 11) is 0. The highest BCUT2D eigenvalue weighted by atomic mass is 32.2. The molecule has 17 heavy (non-hydrogen) atoms. The fourth-order valence-electron chi connectivity index (χ4n) is 2.27. The third-order valence-electron chi connectivity index (χ3n) is 3.27. The summed E-state index contributed by atoms with van der Waals surface area (Å²) in [6, 6.07) is 7.46. The Labute approximate surface area is 113 Å². The van der Waals surface area contributed by atoms with Crippen LogP contribution in [-0.2, 0) is 5.75 Å². The van der Waals surface area contributed by atoms with Gasteiger partial charge in [-0.3, -0.25) is 0 Å². The lowest BCUT2D eigenvalue weighted by Crippen LogP contribution is -2.32. The van der Waals surface area contributed by atoms with Crippen molar-refractivity contribution in [2.45, 2.75) is 42.2 Å². The predicted molar refractivity (Wildman–Crippen MR) is 80.0 cm³/mol. The lowest BCUT2D eigenvalue weighted by Gasteiger charge is -2.32. The fraction of sp³-hybridized carbons (Fsp3) is 0.571. The standard InChI is InChI=1S/C14H21NS2/c1-4-7-15-14-10(2)17-9-11-5-6-12(16-3)8-13(11)14/h5-6,8,10,14-15H,4,7,9H2,1-3H3. The van der Waals surface area contributed by atoms with Gasteiger partial charge in [0, 0.05) is 21.9 Å². The topological polar surface area (TPSA) is 12.0 Å². The third-order valence-corrected chi connectivity index (χ3v) is 5.27. The molecule has 1 nitrogen and oxygen atoms in total. The average Bonchev–Trinajstić information content (AvgIpc) is 2.37. The molecule has 0 aliphatic carbocycles. The van der Waals surface area contributed by atoms with E-state index in [4.69, 9.17) is 0 Å². The molecule has 1 N–H and O–H groups in total. The van der Waals surface area contributed by atoms with Gasteiger partial charge in [-0.2, -0.15) is 11.8 Å². The fourth-order valence-corrected chi connectivity index (χ4v) is 3.86. The molecule has 1 aliphatic heterocycles. The minimum atomic E-state index is 0.524. The number of thioether (sulfide) groups is 2. The van der Waals surface area contributed by atoms with E-state index in [2.05, 4.69) is 55.4 Å². The first-order chi connectivity index (χ1) is 8.26. The Bertz CT molecular complexity index is 378. The second-order valence-corrected chi connectivity index (χ2v) is 6.76. The first-order valence-corrected chi connectivity index (χ1v) is 8.55. The van der Waals surface area contributed by atoms with E-state index in [1.807, 2.05) is 11.8 Å². The van der Waals surface area contributed by atoms with E-state index < -0.39 is 0 Å². The molecule has 1 aromatic rings. The van der Waals surface area contributed by atoms with Gasteiger partial charge < -0.3 is 5.32 Å². The van der Waals surface area contributed by atoms with Crippen LogP contribution in [0.15, 0.2) is 23.1 Å². The zero-order valence-electron chi connectivity index (χ0n) is 10.8. The summed E-state index contributed by atoms with van der Waals surface area (Å²) in [5.41, 5.74) is 3.04. The van der Waals surface area contributed by atoms with Gasteiger partial charge >= 0.3 is 0 Å². The van der Waals surface area contributed by atoms with Crippen LogP contribution in [0, 0.1) is 0 Å². The molecule has 0 amide bonds. The quantitative estimate of drug-likeness (QED) is 0.825. The summed E-state index contributed by atoms with van der Waals surface area (Å²) in [6.07, 6.45) is 3.35. The SMILES string of the molecule is CCCNC1c2cc(SC)ccc2CSC1C. The second-order valence-electron chi connectivity index (χ2n) is 4.51. The van der Waals surface area contributed by atoms with Gasteiger partial charge in [0.05, 0.1) is 0 Å². The van der Waals surface area contributed by atoms with Gasteiger partial charge in [-0.15, -0.1) is 11.8 Å². The van der Waals surface area contributed by atoms with Crippen molar-refractivity contribution in [3.05, 3.63) is 29.3 Å². The van der Waals surface area contributed by atoms with Crippen molar-refractivity contribution in [1.82, 2.24) is 5.32 Å². The van der Waals surface area contributed by atoms with Crippen LogP contribution in [0.2, 0.25) is 0 Å². The highest BCUT2D eigenvalue weighted by Gasteiger charge is 2.26.